The van der Waals surface area contributed by atoms with E-state index in [4.69, 9.17) is 9.47 Å². The van der Waals surface area contributed by atoms with Gasteiger partial charge in [-0.05, 0) is 47.0 Å². The molecule has 2 amide bonds. The Bertz CT molecular complexity index is 652. The third-order valence-corrected chi connectivity index (χ3v) is 5.21. The molecular weight excluding hydrogens is 384 g/mol. The molecule has 0 spiro atoms. The van der Waals surface area contributed by atoms with Crippen LogP contribution in [0.2, 0.25) is 0 Å². The van der Waals surface area contributed by atoms with E-state index in [-0.39, 0.29) is 17.9 Å². The smallest absolute Gasteiger partial charge is 0.410 e. The number of nitrogens with zero attached hydrogens (tertiary/aromatic N) is 2. The summed E-state index contributed by atoms with van der Waals surface area (Å²) in [5.41, 5.74) is -0.675. The van der Waals surface area contributed by atoms with E-state index in [0.29, 0.717) is 19.4 Å². The van der Waals surface area contributed by atoms with Crippen molar-refractivity contribution < 1.29 is 23.9 Å². The summed E-state index contributed by atoms with van der Waals surface area (Å²) in [5.74, 6) is -1.01. The summed E-state index contributed by atoms with van der Waals surface area (Å²) in [6.45, 7) is 15.2. The fourth-order valence-electron chi connectivity index (χ4n) is 3.70. The van der Waals surface area contributed by atoms with Crippen LogP contribution in [0, 0.1) is 5.92 Å². The van der Waals surface area contributed by atoms with Gasteiger partial charge in [-0.3, -0.25) is 9.69 Å². The van der Waals surface area contributed by atoms with Gasteiger partial charge in [-0.1, -0.05) is 32.1 Å². The molecule has 0 radical (unpaired) electrons. The van der Waals surface area contributed by atoms with Gasteiger partial charge in [0.2, 0.25) is 5.91 Å². The first kappa shape index (κ1) is 25.7. The van der Waals surface area contributed by atoms with Crippen molar-refractivity contribution in [3.05, 3.63) is 24.8 Å². The Kier molecular flexibility index (Phi) is 9.59. The molecule has 0 aliphatic carbocycles. The zero-order chi connectivity index (χ0) is 23.1. The minimum Gasteiger partial charge on any atom is -0.467 e. The van der Waals surface area contributed by atoms with Crippen molar-refractivity contribution in [1.82, 2.24) is 9.80 Å². The zero-order valence-corrected chi connectivity index (χ0v) is 19.5. The Morgan fingerprint density at radius 1 is 1.27 bits per heavy atom. The van der Waals surface area contributed by atoms with Gasteiger partial charge in [0.25, 0.3) is 0 Å². The van der Waals surface area contributed by atoms with Gasteiger partial charge < -0.3 is 14.4 Å². The van der Waals surface area contributed by atoms with E-state index >= 15 is 0 Å². The number of rotatable bonds is 8. The zero-order valence-electron chi connectivity index (χ0n) is 19.5. The number of likely N-dealkylation sites (tertiary alicyclic amines) is 1. The van der Waals surface area contributed by atoms with E-state index in [1.165, 1.54) is 12.0 Å². The standard InChI is InChI=1S/C23H38N2O5/c1-9-12-13-18(11-3)25(16(4)21(27)29-8)20(26)19-17(10-2)14-15-24(19)22(28)30-23(5,6)7/h10,12-13,16-19H,2,9,11,14-15H2,1,3-8H3/b13-12+/t16-,17+,18?,19+/m0/s1. The Labute approximate surface area is 181 Å². The Balaban J connectivity index is 3.36. The van der Waals surface area contributed by atoms with Gasteiger partial charge >= 0.3 is 12.1 Å². The highest BCUT2D eigenvalue weighted by molar-refractivity contribution is 5.91. The van der Waals surface area contributed by atoms with Crippen molar-refractivity contribution in [1.29, 1.82) is 0 Å². The number of allylic oxidation sites excluding steroid dienone is 1. The molecule has 7 nitrogen and oxygen atoms in total. The highest BCUT2D eigenvalue weighted by Crippen LogP contribution is 2.30. The first-order chi connectivity index (χ1) is 14.0. The summed E-state index contributed by atoms with van der Waals surface area (Å²) >= 11 is 0. The number of methoxy groups -OCH3 is 1. The van der Waals surface area contributed by atoms with Gasteiger partial charge in [-0.25, -0.2) is 9.59 Å². The van der Waals surface area contributed by atoms with Gasteiger partial charge in [0.1, 0.15) is 17.7 Å². The predicted molar refractivity (Wildman–Crippen MR) is 117 cm³/mol. The van der Waals surface area contributed by atoms with Crippen molar-refractivity contribution in [2.45, 2.75) is 84.5 Å². The summed E-state index contributed by atoms with van der Waals surface area (Å²) in [5, 5.41) is 0. The molecule has 0 N–H and O–H groups in total. The van der Waals surface area contributed by atoms with Gasteiger partial charge in [-0.15, -0.1) is 6.58 Å². The molecule has 7 heteroatoms. The number of carbonyl (C=O) groups is 3. The third kappa shape index (κ3) is 6.34. The number of carbonyl (C=O) groups excluding carboxylic acids is 3. The molecule has 1 unspecified atom stereocenters. The topological polar surface area (TPSA) is 76.2 Å². The predicted octanol–water partition coefficient (Wildman–Crippen LogP) is 3.93. The molecule has 1 fully saturated rings. The molecule has 0 aromatic heterocycles. The maximum atomic E-state index is 13.8. The van der Waals surface area contributed by atoms with E-state index in [2.05, 4.69) is 6.58 Å². The highest BCUT2D eigenvalue weighted by Gasteiger charge is 2.46. The van der Waals surface area contributed by atoms with Gasteiger partial charge in [0, 0.05) is 12.5 Å². The van der Waals surface area contributed by atoms with Crippen LogP contribution in [0.1, 0.15) is 60.8 Å². The maximum Gasteiger partial charge on any atom is 0.410 e. The Hall–Kier alpha value is -2.31. The van der Waals surface area contributed by atoms with Crippen molar-refractivity contribution in [3.8, 4) is 0 Å². The van der Waals surface area contributed by atoms with E-state index in [1.807, 2.05) is 26.0 Å². The van der Waals surface area contributed by atoms with Crippen molar-refractivity contribution in [2.24, 2.45) is 5.92 Å². The Morgan fingerprint density at radius 3 is 2.37 bits per heavy atom. The lowest BCUT2D eigenvalue weighted by atomic mass is 9.97. The van der Waals surface area contributed by atoms with E-state index in [9.17, 15) is 14.4 Å². The van der Waals surface area contributed by atoms with Crippen molar-refractivity contribution >= 4 is 18.0 Å². The van der Waals surface area contributed by atoms with Crippen molar-refractivity contribution in [3.63, 3.8) is 0 Å². The molecule has 1 heterocycles. The highest BCUT2D eigenvalue weighted by atomic mass is 16.6. The monoisotopic (exact) mass is 422 g/mol. The van der Waals surface area contributed by atoms with Gasteiger partial charge in [0.05, 0.1) is 13.2 Å². The van der Waals surface area contributed by atoms with E-state index < -0.39 is 29.7 Å². The number of amides is 2. The minimum absolute atomic E-state index is 0.218. The molecule has 1 rings (SSSR count). The van der Waals surface area contributed by atoms with Crippen LogP contribution >= 0.6 is 0 Å². The van der Waals surface area contributed by atoms with E-state index in [0.717, 1.165) is 6.42 Å². The minimum atomic E-state index is -0.791. The lowest BCUT2D eigenvalue weighted by Gasteiger charge is -2.38. The molecule has 0 aromatic rings. The van der Waals surface area contributed by atoms with Crippen LogP contribution in [0.5, 0.6) is 0 Å². The quantitative estimate of drug-likeness (QED) is 0.437. The molecule has 4 atom stereocenters. The maximum absolute atomic E-state index is 13.8. The van der Waals surface area contributed by atoms with Crippen LogP contribution in [0.25, 0.3) is 0 Å². The second kappa shape index (κ2) is 11.2. The molecule has 1 saturated heterocycles. The van der Waals surface area contributed by atoms with Gasteiger partial charge in [0.15, 0.2) is 0 Å². The molecule has 170 valence electrons. The van der Waals surface area contributed by atoms with Crippen molar-refractivity contribution in [2.75, 3.05) is 13.7 Å². The van der Waals surface area contributed by atoms with Crippen LogP contribution in [0.4, 0.5) is 4.79 Å². The van der Waals surface area contributed by atoms with Crippen LogP contribution in [-0.2, 0) is 19.1 Å². The molecule has 0 bridgehead atoms. The number of esters is 1. The summed E-state index contributed by atoms with van der Waals surface area (Å²) in [6.07, 6.45) is 7.14. The average molecular weight is 423 g/mol. The second-order valence-electron chi connectivity index (χ2n) is 8.56. The molecule has 0 aromatic carbocycles. The lowest BCUT2D eigenvalue weighted by Crippen LogP contribution is -2.57. The van der Waals surface area contributed by atoms with Crippen LogP contribution in [-0.4, -0.2) is 65.2 Å². The van der Waals surface area contributed by atoms with Crippen LogP contribution in [0.3, 0.4) is 0 Å². The van der Waals surface area contributed by atoms with Crippen LogP contribution < -0.4 is 0 Å². The summed E-state index contributed by atoms with van der Waals surface area (Å²) in [7, 11) is 1.30. The number of hydrogen-bond acceptors (Lipinski definition) is 5. The number of ether oxygens (including phenoxy) is 2. The summed E-state index contributed by atoms with van der Waals surface area (Å²) < 4.78 is 10.4. The average Bonchev–Trinajstić information content (AvgIpc) is 3.12. The lowest BCUT2D eigenvalue weighted by molar-refractivity contribution is -0.155. The summed E-state index contributed by atoms with van der Waals surface area (Å²) in [6, 6.07) is -1.85. The van der Waals surface area contributed by atoms with Gasteiger partial charge in [-0.2, -0.15) is 0 Å². The Morgan fingerprint density at radius 2 is 1.90 bits per heavy atom. The molecule has 1 aliphatic rings. The summed E-state index contributed by atoms with van der Waals surface area (Å²) in [4.78, 5) is 42.0. The fourth-order valence-corrected chi connectivity index (χ4v) is 3.70. The first-order valence-electron chi connectivity index (χ1n) is 10.7. The molecule has 1 aliphatic heterocycles. The normalized spacial score (nSPS) is 21.2. The largest absolute Gasteiger partial charge is 0.467 e. The molecule has 30 heavy (non-hydrogen) atoms. The molecule has 0 saturated carbocycles. The molecular formula is C23H38N2O5. The van der Waals surface area contributed by atoms with Crippen LogP contribution in [0.15, 0.2) is 24.8 Å². The third-order valence-electron chi connectivity index (χ3n) is 5.21. The fraction of sp³-hybridized carbons (Fsp3) is 0.696. The van der Waals surface area contributed by atoms with E-state index in [1.54, 1.807) is 38.7 Å². The first-order valence-corrected chi connectivity index (χ1v) is 10.7. The SMILES string of the molecule is C=C[C@@H]1CCN(C(=O)OC(C)(C)C)[C@H]1C(=O)N(C(/C=C/CC)CC)[C@@H](C)C(=O)OC. The number of hydrogen-bond donors (Lipinski definition) is 0. The second-order valence-corrected chi connectivity index (χ2v) is 8.56.